The normalized spacial score (nSPS) is 18.0. The standard InChI is InChI=1S/C21H26N2O/c1-16-8-7-9-17(14-16)19-11-4-5-12-20(19)21(24)23-15-18-10-3-2-6-13-22-18/h4-5,7-9,11-12,14,18,22H,2-3,6,10,13,15H2,1H3,(H,23,24). The molecule has 1 amide bonds. The molecule has 3 nitrogen and oxygen atoms in total. The smallest absolute Gasteiger partial charge is 0.251 e. The van der Waals surface area contributed by atoms with Gasteiger partial charge in [-0.05, 0) is 43.5 Å². The summed E-state index contributed by atoms with van der Waals surface area (Å²) in [6.45, 7) is 3.82. The van der Waals surface area contributed by atoms with Crippen LogP contribution in [0.5, 0.6) is 0 Å². The van der Waals surface area contributed by atoms with E-state index >= 15 is 0 Å². The molecular formula is C21H26N2O. The lowest BCUT2D eigenvalue weighted by Crippen LogP contribution is -2.40. The first kappa shape index (κ1) is 16.7. The topological polar surface area (TPSA) is 41.1 Å². The van der Waals surface area contributed by atoms with E-state index in [-0.39, 0.29) is 5.91 Å². The molecule has 2 N–H and O–H groups in total. The van der Waals surface area contributed by atoms with Gasteiger partial charge in [-0.1, -0.05) is 60.9 Å². The molecule has 1 saturated heterocycles. The Morgan fingerprint density at radius 1 is 1.12 bits per heavy atom. The lowest BCUT2D eigenvalue weighted by atomic mass is 9.98. The van der Waals surface area contributed by atoms with Crippen LogP contribution in [-0.4, -0.2) is 25.0 Å². The number of carbonyl (C=O) groups is 1. The molecule has 1 heterocycles. The number of hydrogen-bond donors (Lipinski definition) is 2. The highest BCUT2D eigenvalue weighted by molar-refractivity contribution is 6.00. The molecule has 2 aromatic carbocycles. The summed E-state index contributed by atoms with van der Waals surface area (Å²) in [6.07, 6.45) is 4.90. The quantitative estimate of drug-likeness (QED) is 0.895. The van der Waals surface area contributed by atoms with E-state index < -0.39 is 0 Å². The first-order chi connectivity index (χ1) is 11.7. The average Bonchev–Trinajstić information content (AvgIpc) is 2.88. The van der Waals surface area contributed by atoms with Crippen molar-refractivity contribution in [1.29, 1.82) is 0 Å². The maximum absolute atomic E-state index is 12.7. The van der Waals surface area contributed by atoms with Crippen molar-refractivity contribution in [2.24, 2.45) is 0 Å². The summed E-state index contributed by atoms with van der Waals surface area (Å²) in [7, 11) is 0. The number of amides is 1. The molecule has 1 aliphatic heterocycles. The van der Waals surface area contributed by atoms with Gasteiger partial charge in [0.25, 0.3) is 5.91 Å². The van der Waals surface area contributed by atoms with Crippen molar-refractivity contribution in [3.8, 4) is 11.1 Å². The Bertz CT molecular complexity index is 688. The predicted octanol–water partition coefficient (Wildman–Crippen LogP) is 3.92. The van der Waals surface area contributed by atoms with Crippen molar-refractivity contribution < 1.29 is 4.79 Å². The second-order valence-electron chi connectivity index (χ2n) is 6.63. The van der Waals surface area contributed by atoms with Gasteiger partial charge >= 0.3 is 0 Å². The molecule has 0 saturated carbocycles. The van der Waals surface area contributed by atoms with Crippen LogP contribution in [0.4, 0.5) is 0 Å². The van der Waals surface area contributed by atoms with Crippen molar-refractivity contribution >= 4 is 5.91 Å². The zero-order valence-electron chi connectivity index (χ0n) is 14.3. The second kappa shape index (κ2) is 8.11. The summed E-state index contributed by atoms with van der Waals surface area (Å²) in [5.41, 5.74) is 4.03. The molecular weight excluding hydrogens is 296 g/mol. The predicted molar refractivity (Wildman–Crippen MR) is 99.2 cm³/mol. The van der Waals surface area contributed by atoms with E-state index in [0.717, 1.165) is 29.7 Å². The summed E-state index contributed by atoms with van der Waals surface area (Å²) < 4.78 is 0. The van der Waals surface area contributed by atoms with Crippen LogP contribution in [-0.2, 0) is 0 Å². The number of carbonyl (C=O) groups excluding carboxylic acids is 1. The fraction of sp³-hybridized carbons (Fsp3) is 0.381. The van der Waals surface area contributed by atoms with Gasteiger partial charge in [0.15, 0.2) is 0 Å². The summed E-state index contributed by atoms with van der Waals surface area (Å²) >= 11 is 0. The maximum Gasteiger partial charge on any atom is 0.251 e. The van der Waals surface area contributed by atoms with Gasteiger partial charge < -0.3 is 10.6 Å². The largest absolute Gasteiger partial charge is 0.350 e. The van der Waals surface area contributed by atoms with Crippen LogP contribution in [0.1, 0.15) is 41.6 Å². The monoisotopic (exact) mass is 322 g/mol. The Balaban J connectivity index is 1.73. The number of benzene rings is 2. The zero-order valence-corrected chi connectivity index (χ0v) is 14.3. The Kier molecular flexibility index (Phi) is 5.65. The van der Waals surface area contributed by atoms with Crippen LogP contribution < -0.4 is 10.6 Å². The van der Waals surface area contributed by atoms with Gasteiger partial charge in [-0.15, -0.1) is 0 Å². The highest BCUT2D eigenvalue weighted by Gasteiger charge is 2.15. The minimum Gasteiger partial charge on any atom is -0.350 e. The summed E-state index contributed by atoms with van der Waals surface area (Å²) in [5.74, 6) is 0.0122. The van der Waals surface area contributed by atoms with Crippen molar-refractivity contribution in [2.75, 3.05) is 13.1 Å². The zero-order chi connectivity index (χ0) is 16.8. The van der Waals surface area contributed by atoms with Crippen molar-refractivity contribution in [3.63, 3.8) is 0 Å². The van der Waals surface area contributed by atoms with Crippen molar-refractivity contribution in [1.82, 2.24) is 10.6 Å². The highest BCUT2D eigenvalue weighted by atomic mass is 16.1. The van der Waals surface area contributed by atoms with Gasteiger partial charge in [-0.2, -0.15) is 0 Å². The molecule has 1 aliphatic rings. The minimum absolute atomic E-state index is 0.0122. The van der Waals surface area contributed by atoms with E-state index in [0.29, 0.717) is 12.6 Å². The molecule has 126 valence electrons. The second-order valence-corrected chi connectivity index (χ2v) is 6.63. The molecule has 3 heteroatoms. The SMILES string of the molecule is Cc1cccc(-c2ccccc2C(=O)NCC2CCCCCN2)c1. The van der Waals surface area contributed by atoms with E-state index in [2.05, 4.69) is 35.8 Å². The molecule has 3 rings (SSSR count). The van der Waals surface area contributed by atoms with Gasteiger partial charge in [0, 0.05) is 18.2 Å². The van der Waals surface area contributed by atoms with E-state index in [4.69, 9.17) is 0 Å². The van der Waals surface area contributed by atoms with Gasteiger partial charge in [-0.3, -0.25) is 4.79 Å². The lowest BCUT2D eigenvalue weighted by molar-refractivity contribution is 0.0950. The van der Waals surface area contributed by atoms with Crippen molar-refractivity contribution in [3.05, 3.63) is 59.7 Å². The number of nitrogens with one attached hydrogen (secondary N) is 2. The van der Waals surface area contributed by atoms with E-state index in [1.807, 2.05) is 30.3 Å². The van der Waals surface area contributed by atoms with Crippen LogP contribution in [0.3, 0.4) is 0 Å². The first-order valence-electron chi connectivity index (χ1n) is 8.92. The molecule has 1 fully saturated rings. The fourth-order valence-corrected chi connectivity index (χ4v) is 3.33. The van der Waals surface area contributed by atoms with Crippen molar-refractivity contribution in [2.45, 2.75) is 38.6 Å². The number of aryl methyl sites for hydroxylation is 1. The van der Waals surface area contributed by atoms with Crippen LogP contribution >= 0.6 is 0 Å². The van der Waals surface area contributed by atoms with Crippen LogP contribution in [0.15, 0.2) is 48.5 Å². The Hall–Kier alpha value is -2.13. The third-order valence-corrected chi connectivity index (χ3v) is 4.67. The molecule has 1 atom stereocenters. The molecule has 1 unspecified atom stereocenters. The van der Waals surface area contributed by atoms with Gasteiger partial charge in [0.2, 0.25) is 0 Å². The van der Waals surface area contributed by atoms with Crippen LogP contribution in [0, 0.1) is 6.92 Å². The molecule has 24 heavy (non-hydrogen) atoms. The van der Waals surface area contributed by atoms with Crippen LogP contribution in [0.25, 0.3) is 11.1 Å². The first-order valence-corrected chi connectivity index (χ1v) is 8.92. The fourth-order valence-electron chi connectivity index (χ4n) is 3.33. The molecule has 0 radical (unpaired) electrons. The van der Waals surface area contributed by atoms with E-state index in [1.165, 1.54) is 24.8 Å². The van der Waals surface area contributed by atoms with E-state index in [1.54, 1.807) is 0 Å². The van der Waals surface area contributed by atoms with Gasteiger partial charge in [0.1, 0.15) is 0 Å². The molecule has 0 aliphatic carbocycles. The Labute approximate surface area is 144 Å². The average molecular weight is 322 g/mol. The van der Waals surface area contributed by atoms with Gasteiger partial charge in [-0.25, -0.2) is 0 Å². The molecule has 0 aromatic heterocycles. The molecule has 0 bridgehead atoms. The lowest BCUT2D eigenvalue weighted by Gasteiger charge is -2.17. The number of hydrogen-bond acceptors (Lipinski definition) is 2. The highest BCUT2D eigenvalue weighted by Crippen LogP contribution is 2.24. The summed E-state index contributed by atoms with van der Waals surface area (Å²) in [6, 6.07) is 16.5. The number of rotatable bonds is 4. The third kappa shape index (κ3) is 4.24. The maximum atomic E-state index is 12.7. The minimum atomic E-state index is 0.0122. The molecule has 2 aromatic rings. The Morgan fingerprint density at radius 2 is 2.00 bits per heavy atom. The summed E-state index contributed by atoms with van der Waals surface area (Å²) in [4.78, 5) is 12.7. The molecule has 0 spiro atoms. The van der Waals surface area contributed by atoms with Gasteiger partial charge in [0.05, 0.1) is 0 Å². The Morgan fingerprint density at radius 3 is 2.88 bits per heavy atom. The summed E-state index contributed by atoms with van der Waals surface area (Å²) in [5, 5.41) is 6.65. The van der Waals surface area contributed by atoms with Crippen LogP contribution in [0.2, 0.25) is 0 Å². The third-order valence-electron chi connectivity index (χ3n) is 4.67. The van der Waals surface area contributed by atoms with E-state index in [9.17, 15) is 4.79 Å².